The molecule has 3 heterocycles. The average molecular weight is 313 g/mol. The fourth-order valence-electron chi connectivity index (χ4n) is 2.68. The molecule has 116 valence electrons. The number of hydrogen-bond acceptors (Lipinski definition) is 4. The van der Waals surface area contributed by atoms with Crippen LogP contribution in [-0.4, -0.2) is 15.0 Å². The van der Waals surface area contributed by atoms with Gasteiger partial charge in [0.15, 0.2) is 0 Å². The Labute approximate surface area is 137 Å². The lowest BCUT2D eigenvalue weighted by atomic mass is 9.91. The SMILES string of the molecule is CC(C)c1ncnc2c1SC(c1cccc(C(C)(C)C)n1)C2. The van der Waals surface area contributed by atoms with Crippen molar-refractivity contribution in [3.8, 4) is 0 Å². The van der Waals surface area contributed by atoms with E-state index in [0.717, 1.165) is 17.8 Å². The van der Waals surface area contributed by atoms with E-state index in [1.807, 2.05) is 11.8 Å². The number of rotatable bonds is 2. The van der Waals surface area contributed by atoms with Gasteiger partial charge in [0.2, 0.25) is 0 Å². The molecule has 1 unspecified atom stereocenters. The molecular weight excluding hydrogens is 290 g/mol. The van der Waals surface area contributed by atoms with Crippen LogP contribution in [0.15, 0.2) is 29.4 Å². The molecule has 0 aliphatic carbocycles. The molecule has 3 nitrogen and oxygen atoms in total. The normalized spacial score (nSPS) is 17.8. The van der Waals surface area contributed by atoms with E-state index >= 15 is 0 Å². The summed E-state index contributed by atoms with van der Waals surface area (Å²) in [6.45, 7) is 11.0. The predicted molar refractivity (Wildman–Crippen MR) is 91.4 cm³/mol. The molecule has 0 aromatic carbocycles. The number of hydrogen-bond donors (Lipinski definition) is 0. The Kier molecular flexibility index (Phi) is 3.98. The van der Waals surface area contributed by atoms with Crippen LogP contribution in [0.3, 0.4) is 0 Å². The van der Waals surface area contributed by atoms with E-state index in [1.54, 1.807) is 6.33 Å². The molecule has 0 radical (unpaired) electrons. The Balaban J connectivity index is 1.92. The van der Waals surface area contributed by atoms with Crippen molar-refractivity contribution in [1.82, 2.24) is 15.0 Å². The van der Waals surface area contributed by atoms with Crippen LogP contribution in [0, 0.1) is 0 Å². The van der Waals surface area contributed by atoms with Gasteiger partial charge in [-0.2, -0.15) is 0 Å². The quantitative estimate of drug-likeness (QED) is 0.807. The molecule has 22 heavy (non-hydrogen) atoms. The molecule has 1 aliphatic heterocycles. The monoisotopic (exact) mass is 313 g/mol. The second kappa shape index (κ2) is 5.65. The zero-order valence-corrected chi connectivity index (χ0v) is 14.7. The highest BCUT2D eigenvalue weighted by atomic mass is 32.2. The molecule has 0 fully saturated rings. The van der Waals surface area contributed by atoms with E-state index in [1.165, 1.54) is 16.3 Å². The summed E-state index contributed by atoms with van der Waals surface area (Å²) in [5.41, 5.74) is 4.73. The van der Waals surface area contributed by atoms with Crippen LogP contribution in [0.2, 0.25) is 0 Å². The van der Waals surface area contributed by atoms with Gasteiger partial charge in [0.1, 0.15) is 6.33 Å². The maximum Gasteiger partial charge on any atom is 0.116 e. The van der Waals surface area contributed by atoms with Gasteiger partial charge in [0, 0.05) is 17.5 Å². The maximum atomic E-state index is 4.91. The minimum Gasteiger partial charge on any atom is -0.256 e. The third-order valence-corrected chi connectivity index (χ3v) is 5.33. The average Bonchev–Trinajstić information content (AvgIpc) is 2.90. The largest absolute Gasteiger partial charge is 0.256 e. The second-order valence-corrected chi connectivity index (χ2v) is 8.41. The number of aromatic nitrogens is 3. The van der Waals surface area contributed by atoms with Crippen LogP contribution in [0.25, 0.3) is 0 Å². The standard InChI is InChI=1S/C18H23N3S/c1-11(2)16-17-13(19-10-20-16)9-14(22-17)12-7-6-8-15(21-12)18(3,4)5/h6-8,10-11,14H,9H2,1-5H3. The van der Waals surface area contributed by atoms with E-state index in [-0.39, 0.29) is 5.41 Å². The van der Waals surface area contributed by atoms with Gasteiger partial charge in [0.05, 0.1) is 27.2 Å². The molecule has 1 atom stereocenters. The molecular formula is C18H23N3S. The molecule has 0 bridgehead atoms. The maximum absolute atomic E-state index is 4.91. The first-order chi connectivity index (χ1) is 10.4. The van der Waals surface area contributed by atoms with Gasteiger partial charge >= 0.3 is 0 Å². The van der Waals surface area contributed by atoms with Crippen LogP contribution in [0.5, 0.6) is 0 Å². The van der Waals surface area contributed by atoms with Gasteiger partial charge in [-0.25, -0.2) is 9.97 Å². The first-order valence-electron chi connectivity index (χ1n) is 7.84. The van der Waals surface area contributed by atoms with Gasteiger partial charge in [-0.1, -0.05) is 40.7 Å². The zero-order chi connectivity index (χ0) is 15.9. The van der Waals surface area contributed by atoms with Gasteiger partial charge in [-0.15, -0.1) is 11.8 Å². The predicted octanol–water partition coefficient (Wildman–Crippen LogP) is 4.68. The van der Waals surface area contributed by atoms with Crippen LogP contribution < -0.4 is 0 Å². The van der Waals surface area contributed by atoms with Gasteiger partial charge < -0.3 is 0 Å². The second-order valence-electron chi connectivity index (χ2n) is 7.20. The van der Waals surface area contributed by atoms with Crippen molar-refractivity contribution in [3.63, 3.8) is 0 Å². The highest BCUT2D eigenvalue weighted by molar-refractivity contribution is 7.99. The molecule has 4 heteroatoms. The number of thioether (sulfide) groups is 1. The molecule has 2 aromatic heterocycles. The van der Waals surface area contributed by atoms with Crippen molar-refractivity contribution in [2.75, 3.05) is 0 Å². The van der Waals surface area contributed by atoms with E-state index in [4.69, 9.17) is 4.98 Å². The van der Waals surface area contributed by atoms with E-state index in [0.29, 0.717) is 11.2 Å². The van der Waals surface area contributed by atoms with Crippen molar-refractivity contribution in [2.45, 2.75) is 62.5 Å². The van der Waals surface area contributed by atoms with Crippen molar-refractivity contribution < 1.29 is 0 Å². The van der Waals surface area contributed by atoms with Crippen LogP contribution in [0.4, 0.5) is 0 Å². The van der Waals surface area contributed by atoms with Crippen molar-refractivity contribution in [3.05, 3.63) is 47.3 Å². The Morgan fingerprint density at radius 2 is 1.95 bits per heavy atom. The van der Waals surface area contributed by atoms with Crippen molar-refractivity contribution in [2.24, 2.45) is 0 Å². The summed E-state index contributed by atoms with van der Waals surface area (Å²) >= 11 is 1.88. The van der Waals surface area contributed by atoms with Gasteiger partial charge in [-0.05, 0) is 18.1 Å². The number of pyridine rings is 1. The molecule has 3 rings (SSSR count). The lowest BCUT2D eigenvalue weighted by Crippen LogP contribution is -2.14. The zero-order valence-electron chi connectivity index (χ0n) is 13.9. The molecule has 0 N–H and O–H groups in total. The summed E-state index contributed by atoms with van der Waals surface area (Å²) in [5.74, 6) is 0.428. The highest BCUT2D eigenvalue weighted by Gasteiger charge is 2.30. The van der Waals surface area contributed by atoms with Crippen LogP contribution in [0.1, 0.15) is 68.6 Å². The Morgan fingerprint density at radius 1 is 1.18 bits per heavy atom. The summed E-state index contributed by atoms with van der Waals surface area (Å²) in [5, 5.41) is 0.353. The van der Waals surface area contributed by atoms with Crippen LogP contribution in [-0.2, 0) is 11.8 Å². The Morgan fingerprint density at radius 3 is 2.64 bits per heavy atom. The van der Waals surface area contributed by atoms with Crippen molar-refractivity contribution in [1.29, 1.82) is 0 Å². The smallest absolute Gasteiger partial charge is 0.116 e. The summed E-state index contributed by atoms with van der Waals surface area (Å²) in [6.07, 6.45) is 2.65. The molecule has 0 amide bonds. The molecule has 2 aromatic rings. The third-order valence-electron chi connectivity index (χ3n) is 3.96. The molecule has 0 saturated carbocycles. The van der Waals surface area contributed by atoms with Crippen LogP contribution >= 0.6 is 11.8 Å². The topological polar surface area (TPSA) is 38.7 Å². The summed E-state index contributed by atoms with van der Waals surface area (Å²) in [6, 6.07) is 6.39. The fourth-order valence-corrected chi connectivity index (χ4v) is 4.14. The lowest BCUT2D eigenvalue weighted by molar-refractivity contribution is 0.565. The van der Waals surface area contributed by atoms with E-state index in [9.17, 15) is 0 Å². The number of fused-ring (bicyclic) bond motifs is 1. The summed E-state index contributed by atoms with van der Waals surface area (Å²) in [4.78, 5) is 15.2. The lowest BCUT2D eigenvalue weighted by Gasteiger charge is -2.19. The highest BCUT2D eigenvalue weighted by Crippen LogP contribution is 2.47. The van der Waals surface area contributed by atoms with Gasteiger partial charge in [-0.3, -0.25) is 4.98 Å². The number of nitrogens with zero attached hydrogens (tertiary/aromatic N) is 3. The minimum atomic E-state index is 0.0784. The third kappa shape index (κ3) is 2.89. The Hall–Kier alpha value is -1.42. The molecule has 0 saturated heterocycles. The summed E-state index contributed by atoms with van der Waals surface area (Å²) in [7, 11) is 0. The molecule has 0 spiro atoms. The van der Waals surface area contributed by atoms with E-state index < -0.39 is 0 Å². The first kappa shape index (κ1) is 15.5. The van der Waals surface area contributed by atoms with E-state index in [2.05, 4.69) is 62.8 Å². The summed E-state index contributed by atoms with van der Waals surface area (Å²) < 4.78 is 0. The van der Waals surface area contributed by atoms with Gasteiger partial charge in [0.25, 0.3) is 0 Å². The van der Waals surface area contributed by atoms with Crippen molar-refractivity contribution >= 4 is 11.8 Å². The Bertz CT molecular complexity index is 689. The first-order valence-corrected chi connectivity index (χ1v) is 8.72. The molecule has 1 aliphatic rings. The minimum absolute atomic E-state index is 0.0784. The fraction of sp³-hybridized carbons (Fsp3) is 0.500.